The molecule has 0 aliphatic carbocycles. The summed E-state index contributed by atoms with van der Waals surface area (Å²) in [6.45, 7) is 0.790. The Morgan fingerprint density at radius 1 is 1.17 bits per heavy atom. The number of hydrogen-bond acceptors (Lipinski definition) is 6. The number of carbonyl (C=O) groups excluding carboxylic acids is 3. The van der Waals surface area contributed by atoms with Gasteiger partial charge >= 0.3 is 0 Å². The maximum absolute atomic E-state index is 12.8. The number of nitrogens with zero attached hydrogens (tertiary/aromatic N) is 1. The average molecular weight is 412 g/mol. The molecule has 0 unspecified atom stereocenters. The molecule has 0 saturated carbocycles. The van der Waals surface area contributed by atoms with E-state index in [0.717, 1.165) is 4.90 Å². The standard InChI is InChI=1S/C22H24N2O6/c1-22(19(26)13-25,21(28)23-2)24(3)20(27)16-8-5-15(6-9-16)7-10-17-11-12-18(30-17)14-29-4/h5-6,8-9,11-12,25H,13-14H2,1-4H3,(H,23,28)/t22-/m1/s1. The zero-order valence-electron chi connectivity index (χ0n) is 17.3. The predicted octanol–water partition coefficient (Wildman–Crippen LogP) is 0.964. The van der Waals surface area contributed by atoms with Crippen LogP contribution in [-0.4, -0.2) is 61.0 Å². The minimum Gasteiger partial charge on any atom is -0.450 e. The number of nitrogens with one attached hydrogen (secondary N) is 1. The quantitative estimate of drug-likeness (QED) is 0.518. The van der Waals surface area contributed by atoms with Crippen molar-refractivity contribution in [3.8, 4) is 11.8 Å². The predicted molar refractivity (Wildman–Crippen MR) is 109 cm³/mol. The van der Waals surface area contributed by atoms with E-state index in [1.54, 1.807) is 43.5 Å². The highest BCUT2D eigenvalue weighted by atomic mass is 16.5. The van der Waals surface area contributed by atoms with Crippen molar-refractivity contribution >= 4 is 17.6 Å². The molecule has 30 heavy (non-hydrogen) atoms. The molecule has 0 saturated heterocycles. The minimum atomic E-state index is -1.84. The number of methoxy groups -OCH3 is 1. The van der Waals surface area contributed by atoms with Crippen molar-refractivity contribution in [1.82, 2.24) is 10.2 Å². The summed E-state index contributed by atoms with van der Waals surface area (Å²) >= 11 is 0. The van der Waals surface area contributed by atoms with Gasteiger partial charge in [0.05, 0.1) is 0 Å². The van der Waals surface area contributed by atoms with Gasteiger partial charge in [0.1, 0.15) is 19.0 Å². The normalized spacial score (nSPS) is 12.3. The molecule has 1 heterocycles. The van der Waals surface area contributed by atoms with E-state index in [-0.39, 0.29) is 5.56 Å². The Morgan fingerprint density at radius 2 is 1.83 bits per heavy atom. The Labute approximate surface area is 174 Å². The Hall–Kier alpha value is -3.41. The second-order valence-electron chi connectivity index (χ2n) is 6.62. The molecule has 2 amide bonds. The van der Waals surface area contributed by atoms with Crippen LogP contribution < -0.4 is 5.32 Å². The fourth-order valence-corrected chi connectivity index (χ4v) is 2.75. The number of aliphatic hydroxyl groups excluding tert-OH is 1. The molecular formula is C22H24N2O6. The van der Waals surface area contributed by atoms with E-state index in [1.165, 1.54) is 21.0 Å². The maximum Gasteiger partial charge on any atom is 0.254 e. The molecule has 8 heteroatoms. The summed E-state index contributed by atoms with van der Waals surface area (Å²) in [5.41, 5.74) is -0.915. The lowest BCUT2D eigenvalue weighted by Crippen LogP contribution is -2.62. The van der Waals surface area contributed by atoms with E-state index in [1.807, 2.05) is 0 Å². The molecule has 1 aromatic carbocycles. The second kappa shape index (κ2) is 9.87. The van der Waals surface area contributed by atoms with E-state index < -0.39 is 29.7 Å². The minimum absolute atomic E-state index is 0.268. The molecule has 2 rings (SSSR count). The summed E-state index contributed by atoms with van der Waals surface area (Å²) in [6.07, 6.45) is 0. The van der Waals surface area contributed by atoms with Crippen LogP contribution in [0, 0.1) is 11.8 Å². The number of amides is 2. The molecule has 0 aliphatic heterocycles. The van der Waals surface area contributed by atoms with Gasteiger partial charge < -0.3 is 24.5 Å². The summed E-state index contributed by atoms with van der Waals surface area (Å²) in [6, 6.07) is 9.93. The van der Waals surface area contributed by atoms with Crippen LogP contribution in [0.3, 0.4) is 0 Å². The number of ketones is 1. The van der Waals surface area contributed by atoms with Crippen LogP contribution in [0.25, 0.3) is 0 Å². The lowest BCUT2D eigenvalue weighted by molar-refractivity contribution is -0.143. The molecule has 0 bridgehead atoms. The molecule has 0 aliphatic rings. The smallest absolute Gasteiger partial charge is 0.254 e. The number of Topliss-reactive ketones (excluding diaryl/α,β-unsaturated/α-hetero) is 1. The highest BCUT2D eigenvalue weighted by molar-refractivity contribution is 6.14. The molecule has 1 atom stereocenters. The Morgan fingerprint density at radius 3 is 2.40 bits per heavy atom. The second-order valence-corrected chi connectivity index (χ2v) is 6.62. The first-order valence-electron chi connectivity index (χ1n) is 9.12. The van der Waals surface area contributed by atoms with E-state index in [0.29, 0.717) is 23.7 Å². The third kappa shape index (κ3) is 4.76. The van der Waals surface area contributed by atoms with Crippen molar-refractivity contribution in [1.29, 1.82) is 0 Å². The van der Waals surface area contributed by atoms with Crippen molar-refractivity contribution < 1.29 is 28.6 Å². The van der Waals surface area contributed by atoms with Crippen LogP contribution in [0.2, 0.25) is 0 Å². The number of likely N-dealkylation sites (N-methyl/N-ethyl adjacent to an activating group) is 2. The number of ether oxygens (including phenoxy) is 1. The first-order valence-corrected chi connectivity index (χ1v) is 9.12. The molecule has 8 nitrogen and oxygen atoms in total. The maximum atomic E-state index is 12.8. The molecule has 1 aromatic heterocycles. The van der Waals surface area contributed by atoms with Crippen molar-refractivity contribution in [2.45, 2.75) is 19.1 Å². The number of aliphatic hydroxyl groups is 1. The van der Waals surface area contributed by atoms with Gasteiger partial charge in [-0.15, -0.1) is 0 Å². The lowest BCUT2D eigenvalue weighted by Gasteiger charge is -2.35. The van der Waals surface area contributed by atoms with Crippen LogP contribution in [0.5, 0.6) is 0 Å². The van der Waals surface area contributed by atoms with E-state index >= 15 is 0 Å². The zero-order valence-corrected chi connectivity index (χ0v) is 17.3. The molecule has 0 fully saturated rings. The molecule has 0 spiro atoms. The van der Waals surface area contributed by atoms with Gasteiger partial charge in [-0.05, 0) is 49.2 Å². The largest absolute Gasteiger partial charge is 0.450 e. The number of carbonyl (C=O) groups is 3. The van der Waals surface area contributed by atoms with Gasteiger partial charge in [0.25, 0.3) is 11.8 Å². The van der Waals surface area contributed by atoms with E-state index in [2.05, 4.69) is 17.2 Å². The van der Waals surface area contributed by atoms with Crippen molar-refractivity contribution in [3.05, 3.63) is 59.0 Å². The topological polar surface area (TPSA) is 109 Å². The molecule has 2 aromatic rings. The van der Waals surface area contributed by atoms with Crippen LogP contribution in [0.1, 0.15) is 34.4 Å². The third-order valence-electron chi connectivity index (χ3n) is 4.74. The van der Waals surface area contributed by atoms with Gasteiger partial charge in [-0.25, -0.2) is 0 Å². The molecular weight excluding hydrogens is 388 g/mol. The van der Waals surface area contributed by atoms with Crippen molar-refractivity contribution in [2.75, 3.05) is 27.8 Å². The Balaban J connectivity index is 2.20. The molecule has 0 radical (unpaired) electrons. The highest BCUT2D eigenvalue weighted by Crippen LogP contribution is 2.19. The number of benzene rings is 1. The monoisotopic (exact) mass is 412 g/mol. The van der Waals surface area contributed by atoms with E-state index in [4.69, 9.17) is 9.15 Å². The molecule has 2 N–H and O–H groups in total. The average Bonchev–Trinajstić information content (AvgIpc) is 3.22. The summed E-state index contributed by atoms with van der Waals surface area (Å²) < 4.78 is 10.5. The summed E-state index contributed by atoms with van der Waals surface area (Å²) in [5, 5.41) is 11.6. The Kier molecular flexibility index (Phi) is 7.53. The first kappa shape index (κ1) is 22.9. The summed E-state index contributed by atoms with van der Waals surface area (Å²) in [5.74, 6) is 4.97. The summed E-state index contributed by atoms with van der Waals surface area (Å²) in [7, 11) is 4.27. The van der Waals surface area contributed by atoms with Crippen LogP contribution in [-0.2, 0) is 20.9 Å². The SMILES string of the molecule is CNC(=O)[C@@](C)(C(=O)CO)N(C)C(=O)c1ccc(C#Cc2ccc(COC)o2)cc1. The van der Waals surface area contributed by atoms with Gasteiger partial charge in [-0.1, -0.05) is 5.92 Å². The van der Waals surface area contributed by atoms with Crippen molar-refractivity contribution in [2.24, 2.45) is 0 Å². The highest BCUT2D eigenvalue weighted by Gasteiger charge is 2.46. The third-order valence-corrected chi connectivity index (χ3v) is 4.74. The number of rotatable bonds is 7. The van der Waals surface area contributed by atoms with Gasteiger partial charge in [-0.3, -0.25) is 14.4 Å². The van der Waals surface area contributed by atoms with E-state index in [9.17, 15) is 19.5 Å². The van der Waals surface area contributed by atoms with Crippen molar-refractivity contribution in [3.63, 3.8) is 0 Å². The Bertz CT molecular complexity index is 965. The fraction of sp³-hybridized carbons (Fsp3) is 0.318. The van der Waals surface area contributed by atoms with Crippen LogP contribution >= 0.6 is 0 Å². The molecule has 158 valence electrons. The van der Waals surface area contributed by atoms with Gasteiger partial charge in [0.15, 0.2) is 17.1 Å². The first-order chi connectivity index (χ1) is 14.3. The number of hydrogen-bond donors (Lipinski definition) is 2. The fourth-order valence-electron chi connectivity index (χ4n) is 2.75. The van der Waals surface area contributed by atoms with Gasteiger partial charge in [-0.2, -0.15) is 0 Å². The summed E-state index contributed by atoms with van der Waals surface area (Å²) in [4.78, 5) is 38.3. The lowest BCUT2D eigenvalue weighted by atomic mass is 9.92. The van der Waals surface area contributed by atoms with Crippen LogP contribution in [0.15, 0.2) is 40.8 Å². The zero-order chi connectivity index (χ0) is 22.3. The number of furan rings is 1. The van der Waals surface area contributed by atoms with Gasteiger partial charge in [0.2, 0.25) is 0 Å². The van der Waals surface area contributed by atoms with Crippen LogP contribution in [0.4, 0.5) is 0 Å². The van der Waals surface area contributed by atoms with Gasteiger partial charge in [0, 0.05) is 32.3 Å².